The van der Waals surface area contributed by atoms with Crippen LogP contribution >= 0.6 is 0 Å². The first-order chi connectivity index (χ1) is 13.4. The number of nitrogens with two attached hydrogens (primary N) is 1. The maximum absolute atomic E-state index is 12.6. The van der Waals surface area contributed by atoms with E-state index in [2.05, 4.69) is 16.0 Å². The molecule has 8 N–H and O–H groups in total. The van der Waals surface area contributed by atoms with Crippen molar-refractivity contribution in [2.45, 2.75) is 71.3 Å². The lowest BCUT2D eigenvalue weighted by atomic mass is 9.96. The minimum atomic E-state index is -1.40. The fourth-order valence-corrected chi connectivity index (χ4v) is 2.39. The molecule has 0 aromatic carbocycles. The van der Waals surface area contributed by atoms with E-state index < -0.39 is 60.6 Å². The molecule has 0 aliphatic rings. The first-order valence-corrected chi connectivity index (χ1v) is 9.55. The van der Waals surface area contributed by atoms with E-state index in [1.165, 1.54) is 6.92 Å². The number of carboxylic acids is 1. The van der Waals surface area contributed by atoms with Crippen molar-refractivity contribution in [1.82, 2.24) is 16.0 Å². The van der Waals surface area contributed by atoms with Crippen LogP contribution in [-0.2, 0) is 19.2 Å². The van der Waals surface area contributed by atoms with E-state index >= 15 is 0 Å². The van der Waals surface area contributed by atoms with Gasteiger partial charge in [0.15, 0.2) is 0 Å². The molecule has 6 atom stereocenters. The molecule has 0 radical (unpaired) electrons. The summed E-state index contributed by atoms with van der Waals surface area (Å²) in [5.74, 6) is -4.29. The number of carboxylic acid groups (broad SMARTS) is 1. The zero-order valence-electron chi connectivity index (χ0n) is 17.5. The Bertz CT molecular complexity index is 583. The predicted octanol–water partition coefficient (Wildman–Crippen LogP) is -2.07. The second-order valence-electron chi connectivity index (χ2n) is 7.45. The van der Waals surface area contributed by atoms with Crippen LogP contribution in [0.2, 0.25) is 0 Å². The highest BCUT2D eigenvalue weighted by atomic mass is 16.4. The van der Waals surface area contributed by atoms with Gasteiger partial charge in [-0.15, -0.1) is 0 Å². The van der Waals surface area contributed by atoms with Gasteiger partial charge in [-0.3, -0.25) is 14.4 Å². The van der Waals surface area contributed by atoms with Crippen LogP contribution < -0.4 is 21.7 Å². The van der Waals surface area contributed by atoms with Crippen LogP contribution in [0.15, 0.2) is 0 Å². The van der Waals surface area contributed by atoms with Crippen molar-refractivity contribution in [3.8, 4) is 0 Å². The van der Waals surface area contributed by atoms with Crippen molar-refractivity contribution in [3.05, 3.63) is 0 Å². The first kappa shape index (κ1) is 26.8. The van der Waals surface area contributed by atoms with Crippen molar-refractivity contribution in [2.24, 2.45) is 17.6 Å². The van der Waals surface area contributed by atoms with Crippen molar-refractivity contribution < 1.29 is 34.5 Å². The molecule has 11 heteroatoms. The molecule has 11 nitrogen and oxygen atoms in total. The van der Waals surface area contributed by atoms with Gasteiger partial charge in [0.2, 0.25) is 17.7 Å². The molecule has 0 rings (SSSR count). The van der Waals surface area contributed by atoms with Crippen LogP contribution in [0.5, 0.6) is 0 Å². The van der Waals surface area contributed by atoms with E-state index in [1.54, 1.807) is 27.7 Å². The number of hydrogen-bond acceptors (Lipinski definition) is 7. The van der Waals surface area contributed by atoms with Crippen molar-refractivity contribution in [1.29, 1.82) is 0 Å². The van der Waals surface area contributed by atoms with Crippen LogP contribution in [0.1, 0.15) is 41.0 Å². The molecule has 168 valence electrons. The van der Waals surface area contributed by atoms with Gasteiger partial charge in [-0.2, -0.15) is 0 Å². The summed E-state index contributed by atoms with van der Waals surface area (Å²) in [7, 11) is 0. The topological polar surface area (TPSA) is 191 Å². The van der Waals surface area contributed by atoms with Gasteiger partial charge in [-0.1, -0.05) is 34.1 Å². The van der Waals surface area contributed by atoms with E-state index in [4.69, 9.17) is 5.73 Å². The molecule has 3 amide bonds. The number of aliphatic hydroxyl groups excluding tert-OH is 2. The Hall–Kier alpha value is -2.24. The monoisotopic (exact) mass is 418 g/mol. The maximum Gasteiger partial charge on any atom is 0.326 e. The van der Waals surface area contributed by atoms with Gasteiger partial charge >= 0.3 is 5.97 Å². The van der Waals surface area contributed by atoms with Crippen molar-refractivity contribution >= 4 is 23.7 Å². The summed E-state index contributed by atoms with van der Waals surface area (Å²) >= 11 is 0. The lowest BCUT2D eigenvalue weighted by Gasteiger charge is -2.28. The third-order valence-corrected chi connectivity index (χ3v) is 4.66. The molecule has 0 aliphatic heterocycles. The van der Waals surface area contributed by atoms with Crippen LogP contribution in [-0.4, -0.2) is 75.9 Å². The predicted molar refractivity (Wildman–Crippen MR) is 104 cm³/mol. The Morgan fingerprint density at radius 3 is 1.79 bits per heavy atom. The zero-order chi connectivity index (χ0) is 22.9. The lowest BCUT2D eigenvalue weighted by molar-refractivity contribution is -0.144. The standard InChI is InChI=1S/C18H34N4O7/c1-6-9(4)14(17(27)21-13(8(2)3)18(28)29)22-15(25)11(7-23)20-16(26)12(19)10(5)24/h8-14,23-24H,6-7,19H2,1-5H3,(H,20,26)(H,21,27)(H,22,25)(H,28,29). The number of rotatable bonds is 12. The van der Waals surface area contributed by atoms with E-state index in [0.717, 1.165) is 0 Å². The highest BCUT2D eigenvalue weighted by Gasteiger charge is 2.33. The summed E-state index contributed by atoms with van der Waals surface area (Å²) < 4.78 is 0. The highest BCUT2D eigenvalue weighted by Crippen LogP contribution is 2.10. The van der Waals surface area contributed by atoms with Crippen LogP contribution in [0.4, 0.5) is 0 Å². The number of hydrogen-bond donors (Lipinski definition) is 7. The second kappa shape index (κ2) is 12.3. The van der Waals surface area contributed by atoms with Gasteiger partial charge in [-0.05, 0) is 18.8 Å². The molecule has 6 unspecified atom stereocenters. The smallest absolute Gasteiger partial charge is 0.326 e. The molecule has 0 aliphatic carbocycles. The van der Waals surface area contributed by atoms with Crippen LogP contribution in [0.25, 0.3) is 0 Å². The molecule has 29 heavy (non-hydrogen) atoms. The second-order valence-corrected chi connectivity index (χ2v) is 7.45. The molecule has 0 spiro atoms. The largest absolute Gasteiger partial charge is 0.480 e. The molecule has 0 aromatic rings. The van der Waals surface area contributed by atoms with Crippen molar-refractivity contribution in [3.63, 3.8) is 0 Å². The SMILES string of the molecule is CCC(C)C(NC(=O)C(CO)NC(=O)C(N)C(C)O)C(=O)NC(C(=O)O)C(C)C. The summed E-state index contributed by atoms with van der Waals surface area (Å²) in [6.45, 7) is 7.31. The van der Waals surface area contributed by atoms with Gasteiger partial charge in [-0.25, -0.2) is 4.79 Å². The summed E-state index contributed by atoms with van der Waals surface area (Å²) in [4.78, 5) is 48.4. The van der Waals surface area contributed by atoms with E-state index in [1.807, 2.05) is 0 Å². The highest BCUT2D eigenvalue weighted by molar-refractivity contribution is 5.94. The molecule has 0 bridgehead atoms. The summed E-state index contributed by atoms with van der Waals surface area (Å²) in [6, 6.07) is -4.91. The Labute approximate surface area is 170 Å². The Balaban J connectivity index is 5.34. The molecular formula is C18H34N4O7. The minimum Gasteiger partial charge on any atom is -0.480 e. The van der Waals surface area contributed by atoms with Gasteiger partial charge in [0.05, 0.1) is 12.7 Å². The summed E-state index contributed by atoms with van der Waals surface area (Å²) in [6.07, 6.45) is -0.666. The van der Waals surface area contributed by atoms with Crippen molar-refractivity contribution in [2.75, 3.05) is 6.61 Å². The van der Waals surface area contributed by atoms with Gasteiger partial charge in [0.1, 0.15) is 24.2 Å². The molecule has 0 saturated heterocycles. The van der Waals surface area contributed by atoms with Crippen LogP contribution in [0.3, 0.4) is 0 Å². The Morgan fingerprint density at radius 2 is 1.41 bits per heavy atom. The quantitative estimate of drug-likeness (QED) is 0.188. The molecular weight excluding hydrogens is 384 g/mol. The average Bonchev–Trinajstić information content (AvgIpc) is 2.65. The van der Waals surface area contributed by atoms with E-state index in [9.17, 15) is 34.5 Å². The average molecular weight is 418 g/mol. The third-order valence-electron chi connectivity index (χ3n) is 4.66. The lowest BCUT2D eigenvalue weighted by Crippen LogP contribution is -2.60. The number of carbonyl (C=O) groups is 4. The Morgan fingerprint density at radius 1 is 0.897 bits per heavy atom. The van der Waals surface area contributed by atoms with E-state index in [-0.39, 0.29) is 11.8 Å². The number of carbonyl (C=O) groups excluding carboxylic acids is 3. The molecule has 0 heterocycles. The van der Waals surface area contributed by atoms with Gasteiger partial charge < -0.3 is 37.0 Å². The minimum absolute atomic E-state index is 0.352. The van der Waals surface area contributed by atoms with Crippen LogP contribution in [0, 0.1) is 11.8 Å². The Kier molecular flexibility index (Phi) is 11.4. The summed E-state index contributed by atoms with van der Waals surface area (Å²) in [5, 5.41) is 35.1. The molecule has 0 fully saturated rings. The maximum atomic E-state index is 12.6. The number of aliphatic hydroxyl groups is 2. The third kappa shape index (κ3) is 8.34. The molecule has 0 aromatic heterocycles. The van der Waals surface area contributed by atoms with E-state index in [0.29, 0.717) is 6.42 Å². The fraction of sp³-hybridized carbons (Fsp3) is 0.778. The van der Waals surface area contributed by atoms with Gasteiger partial charge in [0.25, 0.3) is 0 Å². The number of aliphatic carboxylic acids is 1. The zero-order valence-corrected chi connectivity index (χ0v) is 17.5. The van der Waals surface area contributed by atoms with Gasteiger partial charge in [0, 0.05) is 0 Å². The molecule has 0 saturated carbocycles. The number of nitrogens with one attached hydrogen (secondary N) is 3. The first-order valence-electron chi connectivity index (χ1n) is 9.55. The fourth-order valence-electron chi connectivity index (χ4n) is 2.39. The summed E-state index contributed by atoms with van der Waals surface area (Å²) in [5.41, 5.74) is 5.50. The normalized spacial score (nSPS) is 17.4. The number of amides is 3.